The molecule has 45 heavy (non-hydrogen) atoms. The maximum absolute atomic E-state index is 12.4. The quantitative estimate of drug-likeness (QED) is 0.233. The van der Waals surface area contributed by atoms with Crippen molar-refractivity contribution in [2.24, 2.45) is 5.92 Å². The second-order valence-electron chi connectivity index (χ2n) is 12.3. The molecule has 0 N–H and O–H groups in total. The first kappa shape index (κ1) is 31.7. The summed E-state index contributed by atoms with van der Waals surface area (Å²) in [6.07, 6.45) is 1.30. The van der Waals surface area contributed by atoms with Gasteiger partial charge >= 0.3 is 23.9 Å². The maximum Gasteiger partial charge on any atom is 0.303 e. The second kappa shape index (κ2) is 12.1. The van der Waals surface area contributed by atoms with Crippen LogP contribution < -0.4 is 9.47 Å². The minimum absolute atomic E-state index is 0.217. The summed E-state index contributed by atoms with van der Waals surface area (Å²) in [5.41, 5.74) is 1.25. The molecule has 12 nitrogen and oxygen atoms in total. The lowest BCUT2D eigenvalue weighted by atomic mass is 9.53. The third kappa shape index (κ3) is 5.46. The summed E-state index contributed by atoms with van der Waals surface area (Å²) >= 11 is 1.38. The topological polar surface area (TPSA) is 136 Å². The molecule has 0 aromatic heterocycles. The molecule has 5 aliphatic rings. The van der Waals surface area contributed by atoms with Crippen molar-refractivity contribution in [3.8, 4) is 11.5 Å². The third-order valence-electron chi connectivity index (χ3n) is 9.57. The lowest BCUT2D eigenvalue weighted by molar-refractivity contribution is -0.237. The van der Waals surface area contributed by atoms with Gasteiger partial charge in [0, 0.05) is 50.6 Å². The highest BCUT2D eigenvalue weighted by molar-refractivity contribution is 8.00. The summed E-state index contributed by atoms with van der Waals surface area (Å²) in [5.74, 6) is -0.861. The molecule has 0 amide bonds. The van der Waals surface area contributed by atoms with Gasteiger partial charge in [-0.25, -0.2) is 0 Å². The van der Waals surface area contributed by atoms with Crippen LogP contribution in [0.1, 0.15) is 45.2 Å². The summed E-state index contributed by atoms with van der Waals surface area (Å²) in [4.78, 5) is 51.1. The summed E-state index contributed by atoms with van der Waals surface area (Å²) in [6.45, 7) is 5.54. The maximum atomic E-state index is 12.4. The Bertz CT molecular complexity index is 1420. The van der Waals surface area contributed by atoms with Crippen molar-refractivity contribution in [3.05, 3.63) is 35.4 Å². The van der Waals surface area contributed by atoms with Crippen molar-refractivity contribution < 1.29 is 52.3 Å². The highest BCUT2D eigenvalue weighted by atomic mass is 32.2. The lowest BCUT2D eigenvalue weighted by Gasteiger charge is -2.57. The van der Waals surface area contributed by atoms with E-state index < -0.39 is 53.7 Å². The summed E-state index contributed by atoms with van der Waals surface area (Å²) in [7, 11) is 3.81. The predicted octanol–water partition coefficient (Wildman–Crippen LogP) is 2.33. The lowest BCUT2D eigenvalue weighted by Crippen LogP contribution is -2.65. The molecule has 244 valence electrons. The number of carbonyl (C=O) groups is 4. The van der Waals surface area contributed by atoms with Crippen LogP contribution >= 0.6 is 11.8 Å². The van der Waals surface area contributed by atoms with Crippen molar-refractivity contribution in [3.63, 3.8) is 0 Å². The van der Waals surface area contributed by atoms with Gasteiger partial charge in [0.05, 0.1) is 12.4 Å². The summed E-state index contributed by atoms with van der Waals surface area (Å²) < 4.78 is 41.3. The molecule has 1 aromatic carbocycles. The molecule has 2 saturated heterocycles. The van der Waals surface area contributed by atoms with Crippen LogP contribution in [0.4, 0.5) is 0 Å². The minimum atomic E-state index is -1.23. The molecular formula is C32H39NO11S. The SMILES string of the molecule is COc1ccc2c3c1O[C@H]1C(S[C@@H]4O[C@H](COC(C)=O)[C@@H](OC(C)=O)[C@H](OC(C)=O)[C@H]4OC(C)=O)C=CC4[C@@H](C2)N(C)CC[C@@]341. The van der Waals surface area contributed by atoms with Crippen molar-refractivity contribution in [2.75, 3.05) is 27.3 Å². The van der Waals surface area contributed by atoms with E-state index in [-0.39, 0.29) is 29.3 Å². The monoisotopic (exact) mass is 645 g/mol. The number of likely N-dealkylation sites (N-methyl/N-ethyl adjacent to an activating group) is 1. The van der Waals surface area contributed by atoms with Crippen molar-refractivity contribution >= 4 is 35.6 Å². The van der Waals surface area contributed by atoms with Gasteiger partial charge in [0.15, 0.2) is 29.8 Å². The van der Waals surface area contributed by atoms with Gasteiger partial charge in [0.2, 0.25) is 0 Å². The average Bonchev–Trinajstić information content (AvgIpc) is 3.32. The highest BCUT2D eigenvalue weighted by Crippen LogP contribution is 2.63. The van der Waals surface area contributed by atoms with Gasteiger partial charge in [-0.15, -0.1) is 11.8 Å². The van der Waals surface area contributed by atoms with Crippen molar-refractivity contribution in [1.29, 1.82) is 0 Å². The third-order valence-corrected chi connectivity index (χ3v) is 10.9. The molecule has 10 atom stereocenters. The molecule has 1 spiro atoms. The first-order chi connectivity index (χ1) is 21.4. The Morgan fingerprint density at radius 2 is 1.64 bits per heavy atom. The van der Waals surface area contributed by atoms with Gasteiger partial charge in [0.25, 0.3) is 0 Å². The molecule has 6 rings (SSSR count). The van der Waals surface area contributed by atoms with Crippen molar-refractivity contribution in [2.45, 2.75) is 93.2 Å². The number of thioether (sulfide) groups is 1. The fraction of sp³-hybridized carbons (Fsp3) is 0.625. The molecule has 13 heteroatoms. The molecule has 2 unspecified atom stereocenters. The van der Waals surface area contributed by atoms with Crippen molar-refractivity contribution in [1.82, 2.24) is 4.90 Å². The normalized spacial score (nSPS) is 35.8. The van der Waals surface area contributed by atoms with Crippen LogP contribution in [0.25, 0.3) is 0 Å². The Morgan fingerprint density at radius 1 is 0.956 bits per heavy atom. The van der Waals surface area contributed by atoms with E-state index in [2.05, 4.69) is 30.2 Å². The average molecular weight is 646 g/mol. The number of hydrogen-bond donors (Lipinski definition) is 0. The number of likely N-dealkylation sites (tertiary alicyclic amines) is 1. The Hall–Kier alpha value is -3.29. The Morgan fingerprint density at radius 3 is 2.31 bits per heavy atom. The van der Waals surface area contributed by atoms with E-state index in [0.29, 0.717) is 11.8 Å². The number of rotatable bonds is 8. The van der Waals surface area contributed by atoms with Gasteiger partial charge < -0.3 is 38.1 Å². The van der Waals surface area contributed by atoms with Gasteiger partial charge in [-0.3, -0.25) is 19.2 Å². The van der Waals surface area contributed by atoms with Gasteiger partial charge in [-0.1, -0.05) is 18.2 Å². The first-order valence-electron chi connectivity index (χ1n) is 15.2. The number of carbonyl (C=O) groups excluding carboxylic acids is 4. The zero-order valence-electron chi connectivity index (χ0n) is 26.2. The molecule has 3 heterocycles. The standard InChI is InChI=1S/C32H39NO11S/c1-15(34)39-14-23-27(40-16(2)35)28(41-17(3)36)29(42-18(4)37)31(43-23)45-24-10-8-20-21-13-19-7-9-22(38-6)26-25(19)32(20,30(24)44-26)11-12-33(21)5/h7-10,20-21,23-24,27-31H,11-14H2,1-6H3/t20?,21-,23-,24?,27-,28+,29-,30+,31+,32+/m1/s1. The predicted molar refractivity (Wildman–Crippen MR) is 160 cm³/mol. The van der Waals surface area contributed by atoms with Crippen LogP contribution in [0.15, 0.2) is 24.3 Å². The number of esters is 4. The van der Waals surface area contributed by atoms with Gasteiger partial charge in [-0.05, 0) is 38.1 Å². The van der Waals surface area contributed by atoms with Crippen LogP contribution in [-0.4, -0.2) is 103 Å². The largest absolute Gasteiger partial charge is 0.493 e. The zero-order chi connectivity index (χ0) is 32.2. The fourth-order valence-electron chi connectivity index (χ4n) is 7.94. The number of hydrogen-bond acceptors (Lipinski definition) is 13. The van der Waals surface area contributed by atoms with Crippen LogP contribution in [0, 0.1) is 5.92 Å². The van der Waals surface area contributed by atoms with Crippen LogP contribution in [0.3, 0.4) is 0 Å². The fourth-order valence-corrected chi connectivity index (χ4v) is 9.44. The van der Waals surface area contributed by atoms with Crippen LogP contribution in [0.2, 0.25) is 0 Å². The molecular weight excluding hydrogens is 606 g/mol. The molecule has 0 radical (unpaired) electrons. The highest BCUT2D eigenvalue weighted by Gasteiger charge is 2.65. The smallest absolute Gasteiger partial charge is 0.303 e. The first-order valence-corrected chi connectivity index (χ1v) is 16.1. The van der Waals surface area contributed by atoms with E-state index in [4.69, 9.17) is 33.2 Å². The Kier molecular flexibility index (Phi) is 8.55. The summed E-state index contributed by atoms with van der Waals surface area (Å²) in [6, 6.07) is 4.42. The van der Waals surface area contributed by atoms with Crippen LogP contribution in [-0.2, 0) is 54.7 Å². The summed E-state index contributed by atoms with van der Waals surface area (Å²) in [5, 5.41) is -0.283. The van der Waals surface area contributed by atoms with E-state index in [1.165, 1.54) is 50.6 Å². The van der Waals surface area contributed by atoms with E-state index in [1.807, 2.05) is 6.07 Å². The molecule has 2 bridgehead atoms. The second-order valence-corrected chi connectivity index (χ2v) is 13.6. The Balaban J connectivity index is 1.39. The van der Waals surface area contributed by atoms with Gasteiger partial charge in [-0.2, -0.15) is 0 Å². The number of ether oxygens (including phenoxy) is 7. The van der Waals surface area contributed by atoms with E-state index in [0.717, 1.165) is 25.1 Å². The number of nitrogens with zero attached hydrogens (tertiary/aromatic N) is 1. The van der Waals surface area contributed by atoms with E-state index in [1.54, 1.807) is 7.11 Å². The van der Waals surface area contributed by atoms with E-state index in [9.17, 15) is 19.2 Å². The number of piperidine rings is 1. The molecule has 2 aliphatic carbocycles. The zero-order valence-corrected chi connectivity index (χ0v) is 27.0. The van der Waals surface area contributed by atoms with Crippen LogP contribution in [0.5, 0.6) is 11.5 Å². The Labute approximate surface area is 266 Å². The number of benzene rings is 1. The number of methoxy groups -OCH3 is 1. The molecule has 3 aliphatic heterocycles. The molecule has 1 aromatic rings. The van der Waals surface area contributed by atoms with Gasteiger partial charge in [0.1, 0.15) is 24.3 Å². The van der Waals surface area contributed by atoms with E-state index >= 15 is 0 Å². The minimum Gasteiger partial charge on any atom is -0.493 e. The molecule has 2 fully saturated rings. The molecule has 0 saturated carbocycles.